The normalized spacial score (nSPS) is 22.2. The molecule has 1 saturated carbocycles. The summed E-state index contributed by atoms with van der Waals surface area (Å²) < 4.78 is 12.3. The van der Waals surface area contributed by atoms with Gasteiger partial charge in [-0.1, -0.05) is 38.0 Å². The number of rotatable bonds is 4. The molecule has 1 aliphatic heterocycles. The molecule has 0 unspecified atom stereocenters. The molecule has 4 nitrogen and oxygen atoms in total. The van der Waals surface area contributed by atoms with Crippen molar-refractivity contribution in [2.45, 2.75) is 71.0 Å². The SMILES string of the molecule is C=CN(C(=O)C1CCCCC1)c1cccc(B2OC(C)(C)C(C)(C)O2)c1. The fourth-order valence-electron chi connectivity index (χ4n) is 3.67. The van der Waals surface area contributed by atoms with E-state index in [1.807, 2.05) is 52.0 Å². The molecule has 2 aliphatic rings. The van der Waals surface area contributed by atoms with Gasteiger partial charge in [0.1, 0.15) is 0 Å². The number of hydrogen-bond donors (Lipinski definition) is 0. The molecule has 0 radical (unpaired) electrons. The summed E-state index contributed by atoms with van der Waals surface area (Å²) in [6, 6.07) is 7.85. The first-order valence-corrected chi connectivity index (χ1v) is 9.66. The molecule has 1 heterocycles. The third-order valence-corrected chi connectivity index (χ3v) is 6.05. The van der Waals surface area contributed by atoms with Gasteiger partial charge in [-0.15, -0.1) is 0 Å². The van der Waals surface area contributed by atoms with E-state index in [0.29, 0.717) is 0 Å². The van der Waals surface area contributed by atoms with E-state index in [0.717, 1.165) is 36.8 Å². The summed E-state index contributed by atoms with van der Waals surface area (Å²) in [6.07, 6.45) is 7.07. The summed E-state index contributed by atoms with van der Waals surface area (Å²) in [7, 11) is -0.434. The quantitative estimate of drug-likeness (QED) is 0.765. The molecular weight excluding hydrogens is 325 g/mol. The van der Waals surface area contributed by atoms with E-state index in [1.54, 1.807) is 11.1 Å². The second-order valence-electron chi connectivity index (χ2n) is 8.41. The number of hydrogen-bond acceptors (Lipinski definition) is 3. The number of carbonyl (C=O) groups excluding carboxylic acids is 1. The summed E-state index contributed by atoms with van der Waals surface area (Å²) in [5.41, 5.74) is 0.972. The first-order chi connectivity index (χ1) is 12.2. The van der Waals surface area contributed by atoms with Crippen molar-refractivity contribution in [3.63, 3.8) is 0 Å². The maximum atomic E-state index is 13.0. The van der Waals surface area contributed by atoms with Crippen LogP contribution in [0.3, 0.4) is 0 Å². The first kappa shape index (κ1) is 19.2. The van der Waals surface area contributed by atoms with Crippen molar-refractivity contribution in [3.8, 4) is 0 Å². The van der Waals surface area contributed by atoms with E-state index < -0.39 is 7.12 Å². The highest BCUT2D eigenvalue weighted by atomic mass is 16.7. The highest BCUT2D eigenvalue weighted by molar-refractivity contribution is 6.62. The van der Waals surface area contributed by atoms with Crippen molar-refractivity contribution < 1.29 is 14.1 Å². The van der Waals surface area contributed by atoms with Crippen LogP contribution < -0.4 is 10.4 Å². The summed E-state index contributed by atoms with van der Waals surface area (Å²) in [6.45, 7) is 12.0. The molecule has 1 aromatic carbocycles. The zero-order chi connectivity index (χ0) is 18.9. The fourth-order valence-corrected chi connectivity index (χ4v) is 3.67. The molecule has 0 atom stereocenters. The number of anilines is 1. The summed E-state index contributed by atoms with van der Waals surface area (Å²) >= 11 is 0. The number of benzene rings is 1. The van der Waals surface area contributed by atoms with Gasteiger partial charge in [-0.3, -0.25) is 9.69 Å². The van der Waals surface area contributed by atoms with Crippen LogP contribution in [0.5, 0.6) is 0 Å². The molecule has 1 aliphatic carbocycles. The molecule has 3 rings (SSSR count). The van der Waals surface area contributed by atoms with Gasteiger partial charge in [-0.25, -0.2) is 0 Å². The smallest absolute Gasteiger partial charge is 0.399 e. The number of carbonyl (C=O) groups is 1. The van der Waals surface area contributed by atoms with Crippen molar-refractivity contribution in [1.82, 2.24) is 0 Å². The van der Waals surface area contributed by atoms with Crippen LogP contribution in [-0.2, 0) is 14.1 Å². The van der Waals surface area contributed by atoms with Crippen molar-refractivity contribution >= 4 is 24.2 Å². The van der Waals surface area contributed by atoms with Crippen molar-refractivity contribution in [2.24, 2.45) is 5.92 Å². The van der Waals surface area contributed by atoms with Gasteiger partial charge >= 0.3 is 7.12 Å². The molecule has 26 heavy (non-hydrogen) atoms. The summed E-state index contributed by atoms with van der Waals surface area (Å²) in [5, 5.41) is 0. The predicted octanol–water partition coefficient (Wildman–Crippen LogP) is 4.04. The Hall–Kier alpha value is -1.59. The van der Waals surface area contributed by atoms with Crippen LogP contribution >= 0.6 is 0 Å². The Bertz CT molecular complexity index is 664. The third kappa shape index (κ3) is 3.60. The Morgan fingerprint density at radius 3 is 2.35 bits per heavy atom. The maximum absolute atomic E-state index is 13.0. The van der Waals surface area contributed by atoms with Gasteiger partial charge in [0, 0.05) is 17.8 Å². The second kappa shape index (κ2) is 7.20. The van der Waals surface area contributed by atoms with Crippen molar-refractivity contribution in [2.75, 3.05) is 4.90 Å². The van der Waals surface area contributed by atoms with Crippen LogP contribution in [0.15, 0.2) is 37.0 Å². The topological polar surface area (TPSA) is 38.8 Å². The lowest BCUT2D eigenvalue weighted by atomic mass is 9.79. The van der Waals surface area contributed by atoms with E-state index in [1.165, 1.54) is 6.42 Å². The summed E-state index contributed by atoms with van der Waals surface area (Å²) in [5.74, 6) is 0.244. The van der Waals surface area contributed by atoms with Gasteiger partial charge < -0.3 is 9.31 Å². The van der Waals surface area contributed by atoms with E-state index >= 15 is 0 Å². The third-order valence-electron chi connectivity index (χ3n) is 6.05. The van der Waals surface area contributed by atoms with Gasteiger partial charge in [0.05, 0.1) is 11.2 Å². The Kier molecular flexibility index (Phi) is 5.31. The van der Waals surface area contributed by atoms with Gasteiger partial charge in [0.25, 0.3) is 0 Å². The molecule has 0 spiro atoms. The second-order valence-corrected chi connectivity index (χ2v) is 8.41. The molecule has 0 N–H and O–H groups in total. The zero-order valence-electron chi connectivity index (χ0n) is 16.5. The molecule has 1 amide bonds. The molecule has 2 fully saturated rings. The van der Waals surface area contributed by atoms with Gasteiger partial charge in [-0.2, -0.15) is 0 Å². The molecule has 1 saturated heterocycles. The van der Waals surface area contributed by atoms with Crippen molar-refractivity contribution in [3.05, 3.63) is 37.0 Å². The predicted molar refractivity (Wildman–Crippen MR) is 106 cm³/mol. The standard InChI is InChI=1S/C21H30BNO3/c1-6-23(19(24)16-11-8-7-9-12-16)18-14-10-13-17(15-18)22-25-20(2,3)21(4,5)26-22/h6,10,13-16H,1,7-9,11-12H2,2-5H3. The summed E-state index contributed by atoms with van der Waals surface area (Å²) in [4.78, 5) is 14.6. The number of nitrogens with zero attached hydrogens (tertiary/aromatic N) is 1. The Morgan fingerprint density at radius 2 is 1.77 bits per heavy atom. The van der Waals surface area contributed by atoms with Crippen LogP contribution in [0.25, 0.3) is 0 Å². The van der Waals surface area contributed by atoms with Crippen LogP contribution in [0.1, 0.15) is 59.8 Å². The lowest BCUT2D eigenvalue weighted by Crippen LogP contribution is -2.41. The minimum absolute atomic E-state index is 0.0993. The molecule has 140 valence electrons. The van der Waals surface area contributed by atoms with Crippen LogP contribution in [0, 0.1) is 5.92 Å². The zero-order valence-corrected chi connectivity index (χ0v) is 16.5. The largest absolute Gasteiger partial charge is 0.494 e. The van der Waals surface area contributed by atoms with Crippen LogP contribution in [0.2, 0.25) is 0 Å². The lowest BCUT2D eigenvalue weighted by molar-refractivity contribution is -0.122. The molecule has 1 aromatic rings. The Balaban J connectivity index is 1.82. The Morgan fingerprint density at radius 1 is 1.15 bits per heavy atom. The van der Waals surface area contributed by atoms with Crippen LogP contribution in [0.4, 0.5) is 5.69 Å². The highest BCUT2D eigenvalue weighted by Gasteiger charge is 2.51. The van der Waals surface area contributed by atoms with E-state index in [4.69, 9.17) is 9.31 Å². The minimum Gasteiger partial charge on any atom is -0.399 e. The average Bonchev–Trinajstić information content (AvgIpc) is 2.84. The number of amides is 1. The Labute approximate surface area is 157 Å². The van der Waals surface area contributed by atoms with Gasteiger partial charge in [-0.05, 0) is 58.1 Å². The van der Waals surface area contributed by atoms with Gasteiger partial charge in [0.2, 0.25) is 5.91 Å². The minimum atomic E-state index is -0.434. The van der Waals surface area contributed by atoms with Crippen LogP contribution in [-0.4, -0.2) is 24.2 Å². The first-order valence-electron chi connectivity index (χ1n) is 9.66. The average molecular weight is 355 g/mol. The lowest BCUT2D eigenvalue weighted by Gasteiger charge is -2.32. The van der Waals surface area contributed by atoms with E-state index in [-0.39, 0.29) is 23.0 Å². The van der Waals surface area contributed by atoms with E-state index in [2.05, 4.69) is 6.58 Å². The maximum Gasteiger partial charge on any atom is 0.494 e. The van der Waals surface area contributed by atoms with E-state index in [9.17, 15) is 4.79 Å². The fraction of sp³-hybridized carbons (Fsp3) is 0.571. The molecule has 5 heteroatoms. The molecular formula is C21H30BNO3. The van der Waals surface area contributed by atoms with Crippen molar-refractivity contribution in [1.29, 1.82) is 0 Å². The monoisotopic (exact) mass is 355 g/mol. The van der Waals surface area contributed by atoms with Gasteiger partial charge in [0.15, 0.2) is 0 Å². The highest BCUT2D eigenvalue weighted by Crippen LogP contribution is 2.36. The molecule has 0 bridgehead atoms. The molecule has 0 aromatic heterocycles.